The van der Waals surface area contributed by atoms with Gasteiger partial charge in [-0.25, -0.2) is 0 Å². The molecule has 0 saturated heterocycles. The molecule has 7 heteroatoms. The minimum Gasteiger partial charge on any atom is -0.481 e. The zero-order chi connectivity index (χ0) is 13.5. The number of rotatable bonds is 14. The van der Waals surface area contributed by atoms with Gasteiger partial charge in [0, 0.05) is 46.0 Å². The van der Waals surface area contributed by atoms with Crippen molar-refractivity contribution in [3.63, 3.8) is 0 Å². The van der Waals surface area contributed by atoms with Crippen LogP contribution in [0.15, 0.2) is 0 Å². The highest BCUT2D eigenvalue weighted by Gasteiger charge is 1.97. The molecule has 2 nitrogen and oxygen atoms in total. The fraction of sp³-hybridized carbons (Fsp3) is 0.909. The fourth-order valence-corrected chi connectivity index (χ4v) is 5.86. The summed E-state index contributed by atoms with van der Waals surface area (Å²) in [6, 6.07) is 0. The first-order valence-corrected chi connectivity index (χ1v) is 11.8. The van der Waals surface area contributed by atoms with Crippen molar-refractivity contribution in [1.82, 2.24) is 0 Å². The van der Waals surface area contributed by atoms with E-state index in [1.165, 1.54) is 46.3 Å². The maximum absolute atomic E-state index is 10.3. The monoisotopic (exact) mass is 346 g/mol. The van der Waals surface area contributed by atoms with Gasteiger partial charge in [-0.2, -0.15) is 47.0 Å². The van der Waals surface area contributed by atoms with Gasteiger partial charge in [-0.05, 0) is 6.26 Å². The Labute approximate surface area is 132 Å². The molecule has 0 rings (SSSR count). The van der Waals surface area contributed by atoms with E-state index in [0.717, 1.165) is 11.5 Å². The molecule has 0 aromatic rings. The van der Waals surface area contributed by atoms with E-state index in [4.69, 9.17) is 5.11 Å². The normalized spacial score (nSPS) is 10.7. The van der Waals surface area contributed by atoms with Crippen LogP contribution in [0.25, 0.3) is 0 Å². The summed E-state index contributed by atoms with van der Waals surface area (Å²) in [6.45, 7) is 0. The average Bonchev–Trinajstić information content (AvgIpc) is 2.34. The van der Waals surface area contributed by atoms with Gasteiger partial charge in [0.05, 0.1) is 5.75 Å². The summed E-state index contributed by atoms with van der Waals surface area (Å²) in [5.74, 6) is 9.02. The van der Waals surface area contributed by atoms with Crippen LogP contribution in [-0.2, 0) is 4.79 Å². The van der Waals surface area contributed by atoms with Gasteiger partial charge in [-0.15, -0.1) is 11.8 Å². The zero-order valence-corrected chi connectivity index (χ0v) is 14.8. The Balaban J connectivity index is 2.92. The number of carbonyl (C=O) groups is 1. The van der Waals surface area contributed by atoms with E-state index >= 15 is 0 Å². The summed E-state index contributed by atoms with van der Waals surface area (Å²) < 4.78 is 0. The average molecular weight is 347 g/mol. The molecule has 0 aromatic heterocycles. The molecule has 0 aliphatic carbocycles. The lowest BCUT2D eigenvalue weighted by atomic mass is 10.8. The van der Waals surface area contributed by atoms with Crippen molar-refractivity contribution >= 4 is 64.8 Å². The summed E-state index contributed by atoms with van der Waals surface area (Å²) in [5, 5.41) is 8.46. The van der Waals surface area contributed by atoms with E-state index in [9.17, 15) is 4.79 Å². The standard InChI is InChI=1S/C11H22O2S5/c1-14-2-3-15-4-5-16-6-7-17-8-9-18-10-11(12)13/h2-10H2,1H3,(H,12,13). The number of aliphatic carboxylic acids is 1. The Bertz CT molecular complexity index is 192. The number of carboxylic acid groups (broad SMARTS) is 1. The number of thioether (sulfide) groups is 5. The molecule has 0 fully saturated rings. The predicted octanol–water partition coefficient (Wildman–Crippen LogP) is 3.37. The van der Waals surface area contributed by atoms with E-state index in [0.29, 0.717) is 0 Å². The molecular formula is C11H22O2S5. The molecule has 0 aliphatic heterocycles. The quantitative estimate of drug-likeness (QED) is 0.483. The third-order valence-electron chi connectivity index (χ3n) is 1.77. The van der Waals surface area contributed by atoms with Gasteiger partial charge in [0.15, 0.2) is 0 Å². The summed E-state index contributed by atoms with van der Waals surface area (Å²) in [7, 11) is 0. The van der Waals surface area contributed by atoms with Crippen LogP contribution in [0.5, 0.6) is 0 Å². The minimum absolute atomic E-state index is 0.239. The van der Waals surface area contributed by atoms with Gasteiger partial charge < -0.3 is 5.11 Å². The Morgan fingerprint density at radius 1 is 0.778 bits per heavy atom. The predicted molar refractivity (Wildman–Crippen MR) is 95.3 cm³/mol. The molecule has 0 saturated carbocycles. The van der Waals surface area contributed by atoms with E-state index in [-0.39, 0.29) is 5.75 Å². The highest BCUT2D eigenvalue weighted by atomic mass is 32.2. The maximum Gasteiger partial charge on any atom is 0.313 e. The van der Waals surface area contributed by atoms with Crippen molar-refractivity contribution in [3.8, 4) is 0 Å². The van der Waals surface area contributed by atoms with Gasteiger partial charge in [-0.1, -0.05) is 0 Å². The van der Waals surface area contributed by atoms with Crippen molar-refractivity contribution in [3.05, 3.63) is 0 Å². The van der Waals surface area contributed by atoms with E-state index in [2.05, 4.69) is 6.26 Å². The van der Waals surface area contributed by atoms with Gasteiger partial charge in [0.25, 0.3) is 0 Å². The molecule has 0 heterocycles. The van der Waals surface area contributed by atoms with Crippen LogP contribution in [0.3, 0.4) is 0 Å². The van der Waals surface area contributed by atoms with Crippen LogP contribution in [0.2, 0.25) is 0 Å². The lowest BCUT2D eigenvalue weighted by Gasteiger charge is -2.02. The van der Waals surface area contributed by atoms with Crippen molar-refractivity contribution in [2.24, 2.45) is 0 Å². The molecule has 0 atom stereocenters. The third kappa shape index (κ3) is 17.2. The summed E-state index contributed by atoms with van der Waals surface area (Å²) in [6.07, 6.45) is 2.15. The highest BCUT2D eigenvalue weighted by Crippen LogP contribution is 2.12. The fourth-order valence-electron chi connectivity index (χ4n) is 0.961. The number of carboxylic acids is 1. The van der Waals surface area contributed by atoms with Gasteiger partial charge in [0.1, 0.15) is 0 Å². The lowest BCUT2D eigenvalue weighted by molar-refractivity contribution is -0.133. The van der Waals surface area contributed by atoms with Gasteiger partial charge in [-0.3, -0.25) is 4.79 Å². The smallest absolute Gasteiger partial charge is 0.313 e. The molecule has 0 amide bonds. The second kappa shape index (κ2) is 16.3. The molecule has 18 heavy (non-hydrogen) atoms. The third-order valence-corrected chi connectivity index (χ3v) is 7.32. The van der Waals surface area contributed by atoms with Crippen molar-refractivity contribution in [1.29, 1.82) is 0 Å². The first-order chi connectivity index (χ1) is 8.77. The van der Waals surface area contributed by atoms with Crippen LogP contribution >= 0.6 is 58.8 Å². The topological polar surface area (TPSA) is 37.3 Å². The molecule has 0 aliphatic rings. The Morgan fingerprint density at radius 3 is 1.56 bits per heavy atom. The molecule has 0 unspecified atom stereocenters. The van der Waals surface area contributed by atoms with Crippen LogP contribution in [0.1, 0.15) is 0 Å². The SMILES string of the molecule is CSCCSCCSCCSCCSCC(=O)O. The molecule has 0 radical (unpaired) electrons. The van der Waals surface area contributed by atoms with Crippen LogP contribution in [-0.4, -0.2) is 69.1 Å². The highest BCUT2D eigenvalue weighted by molar-refractivity contribution is 8.05. The first kappa shape index (κ1) is 19.2. The Hall–Kier alpha value is 1.22. The Kier molecular flexibility index (Phi) is 17.4. The minimum atomic E-state index is -0.709. The van der Waals surface area contributed by atoms with Crippen molar-refractivity contribution < 1.29 is 9.90 Å². The largest absolute Gasteiger partial charge is 0.481 e. The number of hydrogen-bond donors (Lipinski definition) is 1. The molecule has 0 spiro atoms. The van der Waals surface area contributed by atoms with Crippen LogP contribution in [0.4, 0.5) is 0 Å². The van der Waals surface area contributed by atoms with Crippen molar-refractivity contribution in [2.45, 2.75) is 0 Å². The maximum atomic E-state index is 10.3. The molecule has 108 valence electrons. The zero-order valence-electron chi connectivity index (χ0n) is 10.8. The van der Waals surface area contributed by atoms with E-state index < -0.39 is 5.97 Å². The molecule has 0 aromatic carbocycles. The summed E-state index contributed by atoms with van der Waals surface area (Å²) >= 11 is 9.43. The second-order valence-electron chi connectivity index (χ2n) is 3.28. The summed E-state index contributed by atoms with van der Waals surface area (Å²) in [5.41, 5.74) is 0. The van der Waals surface area contributed by atoms with E-state index in [1.807, 2.05) is 47.0 Å². The molecular weight excluding hydrogens is 324 g/mol. The van der Waals surface area contributed by atoms with Crippen LogP contribution < -0.4 is 0 Å². The summed E-state index contributed by atoms with van der Waals surface area (Å²) in [4.78, 5) is 10.3. The van der Waals surface area contributed by atoms with E-state index in [1.54, 1.807) is 0 Å². The van der Waals surface area contributed by atoms with Gasteiger partial charge >= 0.3 is 5.97 Å². The first-order valence-electron chi connectivity index (χ1n) is 5.79. The second-order valence-corrected chi connectivity index (χ2v) is 9.04. The Morgan fingerprint density at radius 2 is 1.17 bits per heavy atom. The van der Waals surface area contributed by atoms with Crippen LogP contribution in [0, 0.1) is 0 Å². The molecule has 0 bridgehead atoms. The van der Waals surface area contributed by atoms with Crippen molar-refractivity contribution in [2.75, 3.05) is 58.0 Å². The molecule has 1 N–H and O–H groups in total. The van der Waals surface area contributed by atoms with Gasteiger partial charge in [0.2, 0.25) is 0 Å². The number of hydrogen-bond acceptors (Lipinski definition) is 6. The lowest BCUT2D eigenvalue weighted by Crippen LogP contribution is -2.00.